The number of benzene rings is 6. The van der Waals surface area contributed by atoms with Crippen LogP contribution in [0.15, 0.2) is 152 Å². The Morgan fingerprint density at radius 3 is 1.86 bits per heavy atom. The van der Waals surface area contributed by atoms with Gasteiger partial charge in [0.1, 0.15) is 0 Å². The highest BCUT2D eigenvalue weighted by molar-refractivity contribution is 6.10. The zero-order valence-electron chi connectivity index (χ0n) is 26.8. The molecule has 2 aliphatic rings. The van der Waals surface area contributed by atoms with E-state index in [0.29, 0.717) is 22.6 Å². The molecular formula is C45H27N5. The van der Waals surface area contributed by atoms with E-state index in [0.717, 1.165) is 55.4 Å². The first-order valence-electron chi connectivity index (χ1n) is 16.5. The van der Waals surface area contributed by atoms with Gasteiger partial charge in [0.2, 0.25) is 0 Å². The third kappa shape index (κ3) is 4.52. The molecule has 0 bridgehead atoms. The van der Waals surface area contributed by atoms with Gasteiger partial charge in [-0.2, -0.15) is 15.8 Å². The quantitative estimate of drug-likeness (QED) is 0.192. The molecule has 0 fully saturated rings. The smallest absolute Gasteiger partial charge is 0.0991 e. The maximum absolute atomic E-state index is 9.94. The molecule has 2 heterocycles. The number of hydrogen-bond acceptors (Lipinski definition) is 4. The van der Waals surface area contributed by atoms with Gasteiger partial charge in [-0.25, -0.2) is 0 Å². The summed E-state index contributed by atoms with van der Waals surface area (Å²) in [6.45, 7) is 0. The van der Waals surface area contributed by atoms with Gasteiger partial charge in [0, 0.05) is 33.6 Å². The van der Waals surface area contributed by atoms with Crippen LogP contribution >= 0.6 is 0 Å². The van der Waals surface area contributed by atoms with Crippen LogP contribution in [0.3, 0.4) is 0 Å². The number of anilines is 2. The second-order valence-corrected chi connectivity index (χ2v) is 12.7. The van der Waals surface area contributed by atoms with E-state index in [9.17, 15) is 15.8 Å². The molecule has 2 atom stereocenters. The monoisotopic (exact) mass is 637 g/mol. The van der Waals surface area contributed by atoms with Crippen molar-refractivity contribution < 1.29 is 0 Å². The number of allylic oxidation sites excluding steroid dienone is 2. The van der Waals surface area contributed by atoms with Crippen LogP contribution in [0.1, 0.15) is 28.2 Å². The van der Waals surface area contributed by atoms with Crippen molar-refractivity contribution in [3.63, 3.8) is 0 Å². The van der Waals surface area contributed by atoms with E-state index in [2.05, 4.69) is 125 Å². The van der Waals surface area contributed by atoms with Gasteiger partial charge in [-0.1, -0.05) is 72.8 Å². The van der Waals surface area contributed by atoms with Crippen LogP contribution < -0.4 is 4.90 Å². The first-order chi connectivity index (χ1) is 24.6. The molecule has 5 nitrogen and oxygen atoms in total. The summed E-state index contributed by atoms with van der Waals surface area (Å²) < 4.78 is 2.17. The van der Waals surface area contributed by atoms with E-state index in [-0.39, 0.29) is 6.04 Å². The Labute approximate surface area is 289 Å². The minimum absolute atomic E-state index is 0.247. The Kier molecular flexibility index (Phi) is 6.70. The summed E-state index contributed by atoms with van der Waals surface area (Å²) in [4.78, 5) is 2.44. The van der Waals surface area contributed by atoms with Gasteiger partial charge in [0.15, 0.2) is 0 Å². The largest absolute Gasteiger partial charge is 0.333 e. The average Bonchev–Trinajstić information content (AvgIpc) is 3.69. The number of para-hydroxylation sites is 1. The third-order valence-electron chi connectivity index (χ3n) is 10.0. The first-order valence-corrected chi connectivity index (χ1v) is 16.5. The molecule has 0 N–H and O–H groups in total. The number of aromatic nitrogens is 1. The average molecular weight is 638 g/mol. The zero-order valence-corrected chi connectivity index (χ0v) is 26.8. The van der Waals surface area contributed by atoms with Crippen LogP contribution in [0.4, 0.5) is 11.4 Å². The van der Waals surface area contributed by atoms with Crippen molar-refractivity contribution in [2.24, 2.45) is 0 Å². The van der Waals surface area contributed by atoms with E-state index in [1.54, 1.807) is 0 Å². The Hall–Kier alpha value is -7.13. The molecule has 50 heavy (non-hydrogen) atoms. The summed E-state index contributed by atoms with van der Waals surface area (Å²) in [5.74, 6) is 0.335. The molecule has 0 saturated carbocycles. The van der Waals surface area contributed by atoms with Crippen molar-refractivity contribution in [3.05, 3.63) is 174 Å². The topological polar surface area (TPSA) is 79.5 Å². The normalized spacial score (nSPS) is 15.7. The van der Waals surface area contributed by atoms with Gasteiger partial charge in [-0.3, -0.25) is 0 Å². The highest BCUT2D eigenvalue weighted by atomic mass is 15.2. The molecule has 1 aromatic heterocycles. The molecule has 1 aliphatic heterocycles. The van der Waals surface area contributed by atoms with E-state index < -0.39 is 0 Å². The maximum Gasteiger partial charge on any atom is 0.0991 e. The predicted octanol–water partition coefficient (Wildman–Crippen LogP) is 10.5. The minimum Gasteiger partial charge on any atom is -0.333 e. The minimum atomic E-state index is 0.247. The summed E-state index contributed by atoms with van der Waals surface area (Å²) in [5, 5.41) is 31.1. The molecule has 0 amide bonds. The van der Waals surface area contributed by atoms with Gasteiger partial charge in [0.25, 0.3) is 0 Å². The van der Waals surface area contributed by atoms with Crippen molar-refractivity contribution in [3.8, 4) is 46.1 Å². The molecule has 9 rings (SSSR count). The van der Waals surface area contributed by atoms with Gasteiger partial charge < -0.3 is 9.47 Å². The van der Waals surface area contributed by atoms with Gasteiger partial charge in [-0.15, -0.1) is 0 Å². The highest BCUT2D eigenvalue weighted by Crippen LogP contribution is 2.47. The Morgan fingerprint density at radius 2 is 1.14 bits per heavy atom. The van der Waals surface area contributed by atoms with Crippen LogP contribution in [0.5, 0.6) is 0 Å². The van der Waals surface area contributed by atoms with Crippen LogP contribution in [-0.2, 0) is 0 Å². The fourth-order valence-electron chi connectivity index (χ4n) is 7.72. The molecule has 0 spiro atoms. The van der Waals surface area contributed by atoms with E-state index in [1.807, 2.05) is 54.6 Å². The lowest BCUT2D eigenvalue weighted by Gasteiger charge is -2.28. The molecule has 7 aromatic rings. The van der Waals surface area contributed by atoms with Crippen LogP contribution in [-0.4, -0.2) is 10.6 Å². The van der Waals surface area contributed by atoms with E-state index in [1.165, 1.54) is 11.3 Å². The van der Waals surface area contributed by atoms with Gasteiger partial charge in [0.05, 0.1) is 57.7 Å². The van der Waals surface area contributed by atoms with E-state index >= 15 is 0 Å². The second-order valence-electron chi connectivity index (χ2n) is 12.7. The lowest BCUT2D eigenvalue weighted by Crippen LogP contribution is -2.28. The summed E-state index contributed by atoms with van der Waals surface area (Å²) in [6, 6.07) is 50.1. The van der Waals surface area contributed by atoms with Crippen LogP contribution in [0.25, 0.3) is 49.7 Å². The van der Waals surface area contributed by atoms with Crippen molar-refractivity contribution in [1.29, 1.82) is 15.8 Å². The lowest BCUT2D eigenvalue weighted by molar-refractivity contribution is 0.745. The Morgan fingerprint density at radius 1 is 0.500 bits per heavy atom. The number of nitrogens with zero attached hydrogens (tertiary/aromatic N) is 5. The summed E-state index contributed by atoms with van der Waals surface area (Å²) in [7, 11) is 0. The number of nitriles is 3. The summed E-state index contributed by atoms with van der Waals surface area (Å²) in [6.07, 6.45) is 8.87. The Balaban J connectivity index is 1.15. The van der Waals surface area contributed by atoms with E-state index in [4.69, 9.17) is 0 Å². The predicted molar refractivity (Wildman–Crippen MR) is 199 cm³/mol. The van der Waals surface area contributed by atoms with Crippen molar-refractivity contribution in [2.45, 2.75) is 12.0 Å². The van der Waals surface area contributed by atoms with Crippen molar-refractivity contribution >= 4 is 33.2 Å². The van der Waals surface area contributed by atoms with Crippen LogP contribution in [0, 0.1) is 34.0 Å². The number of fused-ring (bicyclic) bond motifs is 6. The summed E-state index contributed by atoms with van der Waals surface area (Å²) >= 11 is 0. The molecule has 6 aromatic carbocycles. The molecule has 2 unspecified atom stereocenters. The third-order valence-corrected chi connectivity index (χ3v) is 10.0. The second kappa shape index (κ2) is 11.5. The van der Waals surface area contributed by atoms with Gasteiger partial charge >= 0.3 is 0 Å². The fraction of sp³-hybridized carbons (Fsp3) is 0.0444. The van der Waals surface area contributed by atoms with Crippen molar-refractivity contribution in [2.75, 3.05) is 4.90 Å². The van der Waals surface area contributed by atoms with Gasteiger partial charge in [-0.05, 0) is 101 Å². The lowest BCUT2D eigenvalue weighted by atomic mass is 9.91. The zero-order chi connectivity index (χ0) is 33.8. The fourth-order valence-corrected chi connectivity index (χ4v) is 7.72. The molecule has 0 radical (unpaired) electrons. The SMILES string of the molecule is N#Cc1ccc(-n2c3ccc(C#N)cc3c3cc(C#N)ccc32)c(-c2cccc(-c3ccc(N4c5ccccc5C5C=CC=CC54)cc3)c2)c1. The van der Waals surface area contributed by atoms with Crippen molar-refractivity contribution in [1.82, 2.24) is 4.57 Å². The summed E-state index contributed by atoms with van der Waals surface area (Å²) in [5.41, 5.74) is 12.2. The molecule has 0 saturated heterocycles. The number of rotatable bonds is 4. The first kappa shape index (κ1) is 29.0. The highest BCUT2D eigenvalue weighted by Gasteiger charge is 2.36. The molecule has 232 valence electrons. The number of hydrogen-bond donors (Lipinski definition) is 0. The Bertz CT molecular complexity index is 2640. The standard InChI is InChI=1S/C45H27N5/c46-26-29-12-19-43(50-44-20-13-30(27-47)23-39(44)40-24-31(28-48)14-21-45(40)50)38(22-29)34-7-5-6-33(25-34)32-15-17-35(18-16-32)49-41-10-3-1-8-36(41)37-9-2-4-11-42(37)49/h1-25,36,41H. The molecule has 5 heteroatoms. The maximum atomic E-state index is 9.94. The van der Waals surface area contributed by atoms with Crippen LogP contribution in [0.2, 0.25) is 0 Å². The molecular weight excluding hydrogens is 611 g/mol. The molecule has 1 aliphatic carbocycles.